The van der Waals surface area contributed by atoms with Crippen LogP contribution in [0.25, 0.3) is 0 Å². The topological polar surface area (TPSA) is 65.1 Å². The average molecular weight is 383 g/mol. The molecule has 1 aliphatic heterocycles. The molecule has 2 aromatic carbocycles. The summed E-state index contributed by atoms with van der Waals surface area (Å²) in [6.45, 7) is 1.02. The summed E-state index contributed by atoms with van der Waals surface area (Å²) in [6.07, 6.45) is 1.55. The van der Waals surface area contributed by atoms with Crippen molar-refractivity contribution in [3.8, 4) is 17.2 Å². The van der Waals surface area contributed by atoms with Crippen LogP contribution in [-0.4, -0.2) is 51.0 Å². The van der Waals surface area contributed by atoms with Gasteiger partial charge in [-0.3, -0.25) is 9.59 Å². The zero-order valence-electron chi connectivity index (χ0n) is 16.4. The van der Waals surface area contributed by atoms with Crippen LogP contribution < -0.4 is 14.2 Å². The van der Waals surface area contributed by atoms with E-state index in [0.717, 1.165) is 12.8 Å². The Balaban J connectivity index is 1.77. The Hall–Kier alpha value is -3.02. The van der Waals surface area contributed by atoms with Gasteiger partial charge in [-0.05, 0) is 37.1 Å². The van der Waals surface area contributed by atoms with E-state index in [1.54, 1.807) is 62.6 Å². The van der Waals surface area contributed by atoms with Gasteiger partial charge in [0, 0.05) is 36.2 Å². The van der Waals surface area contributed by atoms with Crippen LogP contribution in [0.3, 0.4) is 0 Å². The van der Waals surface area contributed by atoms with Crippen LogP contribution in [0.15, 0.2) is 42.5 Å². The maximum absolute atomic E-state index is 13.0. The van der Waals surface area contributed by atoms with Crippen molar-refractivity contribution in [1.29, 1.82) is 0 Å². The van der Waals surface area contributed by atoms with E-state index < -0.39 is 0 Å². The van der Waals surface area contributed by atoms with Gasteiger partial charge in [0.1, 0.15) is 17.2 Å². The summed E-state index contributed by atoms with van der Waals surface area (Å²) >= 11 is 0. The number of benzene rings is 2. The molecule has 1 amide bonds. The summed E-state index contributed by atoms with van der Waals surface area (Å²) in [6, 6.07) is 12.3. The Morgan fingerprint density at radius 2 is 1.54 bits per heavy atom. The summed E-state index contributed by atoms with van der Waals surface area (Å²) in [5, 5.41) is 0. The van der Waals surface area contributed by atoms with E-state index in [9.17, 15) is 9.59 Å². The minimum atomic E-state index is -0.225. The standard InChI is InChI=1S/C22H25NO5/c1-26-18-8-4-6-15(10-18)21(24)16-7-5-9-23(14-16)22(25)17-11-19(27-2)13-20(12-17)28-3/h4,6,8,10-13,16H,5,7,9,14H2,1-3H3/t16-/m1/s1. The summed E-state index contributed by atoms with van der Waals surface area (Å²) in [5.74, 6) is 1.46. The van der Waals surface area contributed by atoms with Crippen LogP contribution in [0.1, 0.15) is 33.6 Å². The Morgan fingerprint density at radius 3 is 2.18 bits per heavy atom. The molecule has 1 aliphatic rings. The first kappa shape index (κ1) is 19.7. The Labute approximate surface area is 165 Å². The molecule has 28 heavy (non-hydrogen) atoms. The molecule has 3 rings (SSSR count). The van der Waals surface area contributed by atoms with Gasteiger partial charge in [0.15, 0.2) is 5.78 Å². The van der Waals surface area contributed by atoms with Gasteiger partial charge < -0.3 is 19.1 Å². The second-order valence-corrected chi connectivity index (χ2v) is 6.79. The predicted octanol–water partition coefficient (Wildman–Crippen LogP) is 3.45. The van der Waals surface area contributed by atoms with Gasteiger partial charge >= 0.3 is 0 Å². The minimum absolute atomic E-state index is 0.0413. The Morgan fingerprint density at radius 1 is 0.893 bits per heavy atom. The number of nitrogens with zero attached hydrogens (tertiary/aromatic N) is 1. The normalized spacial score (nSPS) is 16.4. The van der Waals surface area contributed by atoms with Crippen molar-refractivity contribution in [2.45, 2.75) is 12.8 Å². The summed E-state index contributed by atoms with van der Waals surface area (Å²) in [7, 11) is 4.67. The lowest BCUT2D eigenvalue weighted by Crippen LogP contribution is -2.42. The van der Waals surface area contributed by atoms with Crippen LogP contribution in [0, 0.1) is 5.92 Å². The lowest BCUT2D eigenvalue weighted by atomic mass is 9.89. The van der Waals surface area contributed by atoms with E-state index in [4.69, 9.17) is 14.2 Å². The second kappa shape index (κ2) is 8.78. The maximum Gasteiger partial charge on any atom is 0.254 e. The molecule has 0 saturated carbocycles. The molecule has 0 N–H and O–H groups in total. The number of hydrogen-bond donors (Lipinski definition) is 0. The molecule has 0 spiro atoms. The molecule has 1 saturated heterocycles. The minimum Gasteiger partial charge on any atom is -0.497 e. The van der Waals surface area contributed by atoms with Crippen LogP contribution in [0.5, 0.6) is 17.2 Å². The van der Waals surface area contributed by atoms with E-state index in [1.807, 2.05) is 6.07 Å². The van der Waals surface area contributed by atoms with Gasteiger partial charge in [-0.15, -0.1) is 0 Å². The zero-order chi connectivity index (χ0) is 20.1. The van der Waals surface area contributed by atoms with Crippen molar-refractivity contribution >= 4 is 11.7 Å². The first-order valence-corrected chi connectivity index (χ1v) is 9.26. The molecule has 1 atom stereocenters. The average Bonchev–Trinajstić information content (AvgIpc) is 2.77. The predicted molar refractivity (Wildman–Crippen MR) is 105 cm³/mol. The van der Waals surface area contributed by atoms with Gasteiger partial charge in [0.05, 0.1) is 21.3 Å². The molecule has 1 fully saturated rings. The molecule has 0 bridgehead atoms. The number of amides is 1. The fourth-order valence-corrected chi connectivity index (χ4v) is 3.50. The summed E-state index contributed by atoms with van der Waals surface area (Å²) in [4.78, 5) is 27.7. The number of methoxy groups -OCH3 is 3. The molecular formula is C22H25NO5. The maximum atomic E-state index is 13.0. The number of carbonyl (C=O) groups is 2. The van der Waals surface area contributed by atoms with Gasteiger partial charge in [-0.1, -0.05) is 12.1 Å². The third-order valence-corrected chi connectivity index (χ3v) is 5.03. The van der Waals surface area contributed by atoms with Crippen LogP contribution in [0.2, 0.25) is 0 Å². The highest BCUT2D eigenvalue weighted by molar-refractivity contribution is 5.99. The lowest BCUT2D eigenvalue weighted by Gasteiger charge is -2.32. The van der Waals surface area contributed by atoms with Crippen molar-refractivity contribution in [2.24, 2.45) is 5.92 Å². The first-order chi connectivity index (χ1) is 13.5. The molecule has 6 heteroatoms. The molecular weight excluding hydrogens is 358 g/mol. The van der Waals surface area contributed by atoms with Gasteiger partial charge in [0.2, 0.25) is 0 Å². The number of ketones is 1. The van der Waals surface area contributed by atoms with Gasteiger partial charge in [-0.2, -0.15) is 0 Å². The van der Waals surface area contributed by atoms with Crippen molar-refractivity contribution in [1.82, 2.24) is 4.90 Å². The first-order valence-electron chi connectivity index (χ1n) is 9.26. The van der Waals surface area contributed by atoms with E-state index in [-0.39, 0.29) is 17.6 Å². The molecule has 6 nitrogen and oxygen atoms in total. The van der Waals surface area contributed by atoms with Crippen molar-refractivity contribution in [2.75, 3.05) is 34.4 Å². The molecule has 0 aromatic heterocycles. The highest BCUT2D eigenvalue weighted by atomic mass is 16.5. The van der Waals surface area contributed by atoms with Gasteiger partial charge in [-0.25, -0.2) is 0 Å². The van der Waals surface area contributed by atoms with Crippen LogP contribution >= 0.6 is 0 Å². The summed E-state index contributed by atoms with van der Waals surface area (Å²) < 4.78 is 15.7. The second-order valence-electron chi connectivity index (χ2n) is 6.79. The molecule has 2 aromatic rings. The Bertz CT molecular complexity index is 842. The SMILES string of the molecule is COc1cccc(C(=O)[C@@H]2CCCN(C(=O)c3cc(OC)cc(OC)c3)C2)c1. The van der Waals surface area contributed by atoms with Crippen molar-refractivity contribution in [3.05, 3.63) is 53.6 Å². The fraction of sp³-hybridized carbons (Fsp3) is 0.364. The molecule has 1 heterocycles. The molecule has 0 radical (unpaired) electrons. The Kier molecular flexibility index (Phi) is 6.19. The van der Waals surface area contributed by atoms with Crippen LogP contribution in [-0.2, 0) is 0 Å². The monoisotopic (exact) mass is 383 g/mol. The smallest absolute Gasteiger partial charge is 0.254 e. The largest absolute Gasteiger partial charge is 0.497 e. The molecule has 148 valence electrons. The molecule has 0 unspecified atom stereocenters. The quantitative estimate of drug-likeness (QED) is 0.715. The van der Waals surface area contributed by atoms with E-state index in [2.05, 4.69) is 0 Å². The van der Waals surface area contributed by atoms with Crippen molar-refractivity contribution < 1.29 is 23.8 Å². The van der Waals surface area contributed by atoms with E-state index >= 15 is 0 Å². The number of Topliss-reactive ketones (excluding diaryl/α,β-unsaturated/α-hetero) is 1. The number of rotatable bonds is 6. The van der Waals surface area contributed by atoms with Crippen molar-refractivity contribution in [3.63, 3.8) is 0 Å². The highest BCUT2D eigenvalue weighted by Crippen LogP contribution is 2.27. The molecule has 0 aliphatic carbocycles. The zero-order valence-corrected chi connectivity index (χ0v) is 16.4. The van der Waals surface area contributed by atoms with E-state index in [0.29, 0.717) is 41.5 Å². The lowest BCUT2D eigenvalue weighted by molar-refractivity contribution is 0.0636. The number of hydrogen-bond acceptors (Lipinski definition) is 5. The number of ether oxygens (including phenoxy) is 3. The fourth-order valence-electron chi connectivity index (χ4n) is 3.50. The number of piperidine rings is 1. The summed E-state index contributed by atoms with van der Waals surface area (Å²) in [5.41, 5.74) is 1.10. The number of likely N-dealkylation sites (tertiary alicyclic amines) is 1. The third-order valence-electron chi connectivity index (χ3n) is 5.03. The highest BCUT2D eigenvalue weighted by Gasteiger charge is 2.30. The van der Waals surface area contributed by atoms with Gasteiger partial charge in [0.25, 0.3) is 5.91 Å². The third kappa shape index (κ3) is 4.27. The number of carbonyl (C=O) groups excluding carboxylic acids is 2. The van der Waals surface area contributed by atoms with Crippen LogP contribution in [0.4, 0.5) is 0 Å². The van der Waals surface area contributed by atoms with E-state index in [1.165, 1.54) is 0 Å².